The van der Waals surface area contributed by atoms with Crippen molar-refractivity contribution < 1.29 is 26.8 Å². The van der Waals surface area contributed by atoms with E-state index in [4.69, 9.17) is 8.92 Å². The Morgan fingerprint density at radius 3 is 2.64 bits per heavy atom. The van der Waals surface area contributed by atoms with E-state index >= 15 is 0 Å². The molecule has 33 heavy (non-hydrogen) atoms. The van der Waals surface area contributed by atoms with E-state index in [1.54, 1.807) is 12.1 Å². The number of hydrogen-bond donors (Lipinski definition) is 1. The van der Waals surface area contributed by atoms with Gasteiger partial charge in [0.1, 0.15) is 16.5 Å². The first kappa shape index (κ1) is 21.7. The summed E-state index contributed by atoms with van der Waals surface area (Å²) in [6, 6.07) is 14.0. The van der Waals surface area contributed by atoms with Crippen LogP contribution in [0.4, 0.5) is 4.39 Å². The molecule has 0 aliphatic carbocycles. The van der Waals surface area contributed by atoms with Gasteiger partial charge in [-0.05, 0) is 59.5 Å². The van der Waals surface area contributed by atoms with E-state index in [0.29, 0.717) is 12.3 Å². The van der Waals surface area contributed by atoms with Gasteiger partial charge in [-0.25, -0.2) is 4.39 Å². The Labute approximate surface area is 192 Å². The summed E-state index contributed by atoms with van der Waals surface area (Å²) in [5, 5.41) is 9.90. The Morgan fingerprint density at radius 2 is 1.88 bits per heavy atom. The summed E-state index contributed by atoms with van der Waals surface area (Å²) in [7, 11) is -2.81. The van der Waals surface area contributed by atoms with Crippen LogP contribution in [0.2, 0.25) is 0 Å². The standard InChI is InChI=1S/C25H24FNO5S/c1-15-20-8-9-23(31-2)25(32-33(29,30)19-5-3-4-17(26)13-19)22(20)14-27-11-10-16-12-18(28)6-7-21(16)24(15)27/h3-9,12-13,15,24,28H,10-11,14H2,1-2H3. The van der Waals surface area contributed by atoms with Crippen LogP contribution in [0.25, 0.3) is 0 Å². The molecular weight excluding hydrogens is 445 g/mol. The first-order valence-electron chi connectivity index (χ1n) is 10.7. The highest BCUT2D eigenvalue weighted by atomic mass is 32.2. The SMILES string of the molecule is COc1ccc2c(c1OS(=O)(=O)c1cccc(F)c1)CN1CCc3cc(O)ccc3C1C2C. The summed E-state index contributed by atoms with van der Waals surface area (Å²) in [6.07, 6.45) is 0.782. The summed E-state index contributed by atoms with van der Waals surface area (Å²) in [6.45, 7) is 3.35. The van der Waals surface area contributed by atoms with Gasteiger partial charge < -0.3 is 14.0 Å². The maximum absolute atomic E-state index is 13.7. The van der Waals surface area contributed by atoms with Gasteiger partial charge in [-0.3, -0.25) is 4.90 Å². The van der Waals surface area contributed by atoms with Crippen LogP contribution in [0.3, 0.4) is 0 Å². The molecule has 2 aliphatic rings. The van der Waals surface area contributed by atoms with Crippen molar-refractivity contribution in [1.82, 2.24) is 4.90 Å². The first-order valence-corrected chi connectivity index (χ1v) is 12.1. The molecule has 0 bridgehead atoms. The minimum absolute atomic E-state index is 0.0440. The summed E-state index contributed by atoms with van der Waals surface area (Å²) in [5.74, 6) is 0.0931. The maximum atomic E-state index is 13.7. The Bertz CT molecular complexity index is 1340. The van der Waals surface area contributed by atoms with E-state index in [1.807, 2.05) is 18.2 Å². The second-order valence-corrected chi connectivity index (χ2v) is 10.0. The van der Waals surface area contributed by atoms with Crippen LogP contribution in [0.1, 0.15) is 41.1 Å². The van der Waals surface area contributed by atoms with Crippen molar-refractivity contribution in [1.29, 1.82) is 0 Å². The molecule has 2 aliphatic heterocycles. The minimum atomic E-state index is -4.27. The first-order chi connectivity index (χ1) is 15.8. The molecule has 0 fully saturated rings. The van der Waals surface area contributed by atoms with E-state index in [1.165, 1.54) is 30.9 Å². The van der Waals surface area contributed by atoms with Gasteiger partial charge in [-0.1, -0.05) is 25.1 Å². The van der Waals surface area contributed by atoms with Crippen molar-refractivity contribution in [3.05, 3.63) is 82.7 Å². The number of rotatable bonds is 4. The zero-order chi connectivity index (χ0) is 23.3. The highest BCUT2D eigenvalue weighted by Gasteiger charge is 2.39. The van der Waals surface area contributed by atoms with E-state index in [-0.39, 0.29) is 28.4 Å². The lowest BCUT2D eigenvalue weighted by Crippen LogP contribution is -2.41. The number of benzene rings is 3. The molecule has 6 nitrogen and oxygen atoms in total. The Balaban J connectivity index is 1.59. The third-order valence-electron chi connectivity index (χ3n) is 6.59. The molecule has 0 spiro atoms. The zero-order valence-electron chi connectivity index (χ0n) is 18.3. The normalized spacial score (nSPS) is 19.8. The molecule has 0 radical (unpaired) electrons. The second-order valence-electron chi connectivity index (χ2n) is 8.50. The Hall–Kier alpha value is -3.10. The number of hydrogen-bond acceptors (Lipinski definition) is 6. The van der Waals surface area contributed by atoms with Crippen molar-refractivity contribution in [2.45, 2.75) is 36.7 Å². The van der Waals surface area contributed by atoms with Crippen LogP contribution in [-0.2, 0) is 23.1 Å². The van der Waals surface area contributed by atoms with Crippen molar-refractivity contribution in [3.8, 4) is 17.2 Å². The Kier molecular flexibility index (Phi) is 5.29. The van der Waals surface area contributed by atoms with E-state index in [9.17, 15) is 17.9 Å². The van der Waals surface area contributed by atoms with Gasteiger partial charge in [0.15, 0.2) is 11.5 Å². The fourth-order valence-electron chi connectivity index (χ4n) is 5.08. The van der Waals surface area contributed by atoms with Crippen molar-refractivity contribution in [2.75, 3.05) is 13.7 Å². The largest absolute Gasteiger partial charge is 0.508 e. The molecule has 2 unspecified atom stereocenters. The number of methoxy groups -OCH3 is 1. The van der Waals surface area contributed by atoms with Crippen LogP contribution in [0, 0.1) is 5.82 Å². The van der Waals surface area contributed by atoms with Crippen LogP contribution in [0.5, 0.6) is 17.2 Å². The summed E-state index contributed by atoms with van der Waals surface area (Å²) >= 11 is 0. The monoisotopic (exact) mass is 469 g/mol. The predicted molar refractivity (Wildman–Crippen MR) is 121 cm³/mol. The molecule has 1 N–H and O–H groups in total. The average Bonchev–Trinajstić information content (AvgIpc) is 2.79. The average molecular weight is 470 g/mol. The number of phenolic OH excluding ortho intramolecular Hbond substituents is 1. The van der Waals surface area contributed by atoms with Gasteiger partial charge in [0.05, 0.1) is 7.11 Å². The molecule has 3 aromatic rings. The van der Waals surface area contributed by atoms with E-state index in [2.05, 4.69) is 11.8 Å². The van der Waals surface area contributed by atoms with Crippen LogP contribution in [-0.4, -0.2) is 32.1 Å². The molecule has 0 aromatic heterocycles. The lowest BCUT2D eigenvalue weighted by Gasteiger charge is -2.45. The van der Waals surface area contributed by atoms with Gasteiger partial charge in [0.2, 0.25) is 0 Å². The van der Waals surface area contributed by atoms with Gasteiger partial charge in [-0.15, -0.1) is 0 Å². The van der Waals surface area contributed by atoms with E-state index < -0.39 is 15.9 Å². The lowest BCUT2D eigenvalue weighted by molar-refractivity contribution is 0.137. The maximum Gasteiger partial charge on any atom is 0.339 e. The molecule has 0 amide bonds. The van der Waals surface area contributed by atoms with E-state index in [0.717, 1.165) is 35.7 Å². The fraction of sp³-hybridized carbons (Fsp3) is 0.280. The molecule has 8 heteroatoms. The molecule has 172 valence electrons. The fourth-order valence-corrected chi connectivity index (χ4v) is 6.08. The number of aromatic hydroxyl groups is 1. The third-order valence-corrected chi connectivity index (χ3v) is 7.81. The van der Waals surface area contributed by atoms with Gasteiger partial charge >= 0.3 is 10.1 Å². The number of nitrogens with zero attached hydrogens (tertiary/aromatic N) is 1. The van der Waals surface area contributed by atoms with Gasteiger partial charge in [0, 0.05) is 30.6 Å². The molecule has 0 saturated carbocycles. The number of ether oxygens (including phenoxy) is 1. The van der Waals surface area contributed by atoms with Crippen molar-refractivity contribution >= 4 is 10.1 Å². The molecule has 5 rings (SSSR count). The minimum Gasteiger partial charge on any atom is -0.508 e. The van der Waals surface area contributed by atoms with Crippen LogP contribution in [0.15, 0.2) is 59.5 Å². The Morgan fingerprint density at radius 1 is 1.09 bits per heavy atom. The molecule has 2 atom stereocenters. The van der Waals surface area contributed by atoms with Crippen molar-refractivity contribution in [2.24, 2.45) is 0 Å². The molecule has 3 aromatic carbocycles. The zero-order valence-corrected chi connectivity index (χ0v) is 19.1. The molecule has 0 saturated heterocycles. The quantitative estimate of drug-likeness (QED) is 0.566. The molecule has 2 heterocycles. The molecular formula is C25H24FNO5S. The van der Waals surface area contributed by atoms with Gasteiger partial charge in [0.25, 0.3) is 0 Å². The third kappa shape index (κ3) is 3.73. The van der Waals surface area contributed by atoms with Crippen LogP contribution >= 0.6 is 0 Å². The number of phenols is 1. The summed E-state index contributed by atoms with van der Waals surface area (Å²) in [5.41, 5.74) is 4.02. The lowest BCUT2D eigenvalue weighted by atomic mass is 9.77. The highest BCUT2D eigenvalue weighted by molar-refractivity contribution is 7.87. The van der Waals surface area contributed by atoms with Gasteiger partial charge in [-0.2, -0.15) is 8.42 Å². The topological polar surface area (TPSA) is 76.1 Å². The highest BCUT2D eigenvalue weighted by Crippen LogP contribution is 2.50. The smallest absolute Gasteiger partial charge is 0.339 e. The number of halogens is 1. The summed E-state index contributed by atoms with van der Waals surface area (Å²) in [4.78, 5) is 2.05. The second kappa shape index (κ2) is 8.04. The number of fused-ring (bicyclic) bond motifs is 4. The summed E-state index contributed by atoms with van der Waals surface area (Å²) < 4.78 is 50.7. The van der Waals surface area contributed by atoms with Crippen LogP contribution < -0.4 is 8.92 Å². The van der Waals surface area contributed by atoms with Crippen molar-refractivity contribution in [3.63, 3.8) is 0 Å². The predicted octanol–water partition coefficient (Wildman–Crippen LogP) is 4.52.